The molecule has 4 heterocycles. The Morgan fingerprint density at radius 2 is 1.81 bits per heavy atom. The van der Waals surface area contributed by atoms with Crippen molar-refractivity contribution in [3.63, 3.8) is 0 Å². The highest BCUT2D eigenvalue weighted by Crippen LogP contribution is 2.21. The number of hydrogen-bond donors (Lipinski definition) is 5. The lowest BCUT2D eigenvalue weighted by molar-refractivity contribution is -0.130. The van der Waals surface area contributed by atoms with Crippen LogP contribution < -0.4 is 21.3 Å². The molecule has 47 heavy (non-hydrogen) atoms. The van der Waals surface area contributed by atoms with Crippen molar-refractivity contribution in [2.24, 2.45) is 0 Å². The van der Waals surface area contributed by atoms with E-state index in [0.717, 1.165) is 22.2 Å². The van der Waals surface area contributed by atoms with Crippen molar-refractivity contribution in [2.45, 2.75) is 57.7 Å². The number of nitrogens with one attached hydrogen (secondary N) is 5. The highest BCUT2D eigenvalue weighted by atomic mass is 16.4. The molecule has 5 N–H and O–H groups in total. The Hall–Kier alpha value is -5.79. The van der Waals surface area contributed by atoms with Gasteiger partial charge in [0.2, 0.25) is 17.7 Å². The van der Waals surface area contributed by atoms with Gasteiger partial charge in [0, 0.05) is 30.1 Å². The second kappa shape index (κ2) is 13.7. The third kappa shape index (κ3) is 7.06. The number of H-pyrrole nitrogens is 1. The molecular formula is C33H35N9O5. The average molecular weight is 638 g/mol. The minimum absolute atomic E-state index is 0.0304. The van der Waals surface area contributed by atoms with Crippen LogP contribution in [0.15, 0.2) is 71.4 Å². The maximum Gasteiger partial charge on any atom is 0.274 e. The number of rotatable bonds is 5. The number of aromatic nitrogens is 5. The van der Waals surface area contributed by atoms with E-state index in [9.17, 15) is 19.2 Å². The first-order valence-electron chi connectivity index (χ1n) is 15.5. The molecule has 5 aromatic rings. The molecule has 0 fully saturated rings. The van der Waals surface area contributed by atoms with Gasteiger partial charge >= 0.3 is 0 Å². The summed E-state index contributed by atoms with van der Waals surface area (Å²) in [5.41, 5.74) is 2.62. The first-order valence-corrected chi connectivity index (χ1v) is 15.5. The van der Waals surface area contributed by atoms with E-state index in [-0.39, 0.29) is 30.1 Å². The molecule has 1 aliphatic heterocycles. The normalized spacial score (nSPS) is 19.5. The third-order valence-electron chi connectivity index (χ3n) is 8.06. The van der Waals surface area contributed by atoms with Gasteiger partial charge in [0.1, 0.15) is 23.9 Å². The van der Waals surface area contributed by atoms with E-state index in [2.05, 4.69) is 41.5 Å². The second-order valence-corrected chi connectivity index (χ2v) is 11.5. The minimum Gasteiger partial charge on any atom is -0.443 e. The maximum atomic E-state index is 13.9. The summed E-state index contributed by atoms with van der Waals surface area (Å²) in [4.78, 5) is 61.4. The van der Waals surface area contributed by atoms with Gasteiger partial charge in [-0.3, -0.25) is 19.2 Å². The van der Waals surface area contributed by atoms with E-state index >= 15 is 0 Å². The lowest BCUT2D eigenvalue weighted by Crippen LogP contribution is -2.54. The number of aryl methyl sites for hydroxylation is 1. The summed E-state index contributed by atoms with van der Waals surface area (Å²) in [5.74, 6) is -1.51. The van der Waals surface area contributed by atoms with Crippen molar-refractivity contribution in [3.8, 4) is 5.69 Å². The summed E-state index contributed by atoms with van der Waals surface area (Å²) in [6.07, 6.45) is 4.70. The number of aromatic amines is 1. The summed E-state index contributed by atoms with van der Waals surface area (Å²) < 4.78 is 7.20. The molecule has 3 atom stereocenters. The van der Waals surface area contributed by atoms with Gasteiger partial charge in [-0.25, -0.2) is 9.67 Å². The van der Waals surface area contributed by atoms with Crippen molar-refractivity contribution >= 4 is 34.5 Å². The van der Waals surface area contributed by atoms with Gasteiger partial charge in [0.25, 0.3) is 11.8 Å². The van der Waals surface area contributed by atoms with Crippen LogP contribution in [0.2, 0.25) is 0 Å². The van der Waals surface area contributed by atoms with E-state index in [0.29, 0.717) is 25.1 Å². The number of para-hydroxylation sites is 2. The molecule has 1 aliphatic rings. The summed E-state index contributed by atoms with van der Waals surface area (Å²) in [5, 5.41) is 20.3. The summed E-state index contributed by atoms with van der Waals surface area (Å²) in [7, 11) is 0. The average Bonchev–Trinajstić information content (AvgIpc) is 3.82. The van der Waals surface area contributed by atoms with Crippen molar-refractivity contribution in [1.82, 2.24) is 46.2 Å². The SMILES string of the molecule is Cc1oc2nc1C(=O)NCCCC[C@H](NC(=O)c1cn(-c3ccccc3)nn1)C(=O)N[C@H](Cc1c[nH]c3ccccc13)C(=O)N[C@@H]2C. The molecule has 14 nitrogen and oxygen atoms in total. The maximum absolute atomic E-state index is 13.9. The highest BCUT2D eigenvalue weighted by Gasteiger charge is 2.31. The van der Waals surface area contributed by atoms with E-state index in [4.69, 9.17) is 4.42 Å². The van der Waals surface area contributed by atoms with Crippen LogP contribution in [0.1, 0.15) is 70.4 Å². The molecule has 2 bridgehead atoms. The van der Waals surface area contributed by atoms with Crippen LogP contribution in [-0.4, -0.2) is 67.2 Å². The predicted molar refractivity (Wildman–Crippen MR) is 171 cm³/mol. The number of benzene rings is 2. The van der Waals surface area contributed by atoms with Crippen LogP contribution in [0.3, 0.4) is 0 Å². The molecule has 0 radical (unpaired) electrons. The van der Waals surface area contributed by atoms with Gasteiger partial charge in [-0.2, -0.15) is 0 Å². The minimum atomic E-state index is -1.02. The quantitative estimate of drug-likeness (QED) is 0.194. The summed E-state index contributed by atoms with van der Waals surface area (Å²) in [6.45, 7) is 3.65. The first-order chi connectivity index (χ1) is 22.8. The zero-order chi connectivity index (χ0) is 32.9. The molecule has 3 aromatic heterocycles. The molecule has 4 amide bonds. The fraction of sp³-hybridized carbons (Fsp3) is 0.303. The molecule has 2 aromatic carbocycles. The van der Waals surface area contributed by atoms with E-state index in [1.165, 1.54) is 10.9 Å². The Labute approximate surface area is 269 Å². The molecule has 242 valence electrons. The number of fused-ring (bicyclic) bond motifs is 3. The Kier molecular flexibility index (Phi) is 9.09. The lowest BCUT2D eigenvalue weighted by Gasteiger charge is -2.24. The first kappa shape index (κ1) is 31.2. The Morgan fingerprint density at radius 1 is 1.02 bits per heavy atom. The van der Waals surface area contributed by atoms with Crippen LogP contribution in [0.5, 0.6) is 0 Å². The number of oxazole rings is 1. The van der Waals surface area contributed by atoms with Crippen molar-refractivity contribution < 1.29 is 23.6 Å². The zero-order valence-corrected chi connectivity index (χ0v) is 25.9. The molecule has 0 saturated heterocycles. The predicted octanol–water partition coefficient (Wildman–Crippen LogP) is 2.66. The molecule has 14 heteroatoms. The van der Waals surface area contributed by atoms with Crippen LogP contribution in [-0.2, 0) is 16.0 Å². The molecule has 0 spiro atoms. The number of carbonyl (C=O) groups is 4. The van der Waals surface area contributed by atoms with Gasteiger partial charge in [0.15, 0.2) is 11.4 Å². The van der Waals surface area contributed by atoms with Crippen LogP contribution in [0.25, 0.3) is 16.6 Å². The van der Waals surface area contributed by atoms with Crippen LogP contribution >= 0.6 is 0 Å². The van der Waals surface area contributed by atoms with Crippen molar-refractivity contribution in [1.29, 1.82) is 0 Å². The van der Waals surface area contributed by atoms with E-state index in [1.54, 1.807) is 13.8 Å². The molecule has 0 unspecified atom stereocenters. The summed E-state index contributed by atoms with van der Waals surface area (Å²) in [6, 6.07) is 14.1. The topological polar surface area (TPSA) is 189 Å². The highest BCUT2D eigenvalue weighted by molar-refractivity contribution is 5.97. The Bertz CT molecular complexity index is 1910. The van der Waals surface area contributed by atoms with Gasteiger partial charge in [-0.15, -0.1) is 5.10 Å². The number of hydrogen-bond acceptors (Lipinski definition) is 8. The zero-order valence-electron chi connectivity index (χ0n) is 25.9. The smallest absolute Gasteiger partial charge is 0.274 e. The molecule has 0 aliphatic carbocycles. The number of carbonyl (C=O) groups excluding carboxylic acids is 4. The number of amides is 4. The van der Waals surface area contributed by atoms with Crippen LogP contribution in [0, 0.1) is 6.92 Å². The van der Waals surface area contributed by atoms with E-state index < -0.39 is 41.8 Å². The largest absolute Gasteiger partial charge is 0.443 e. The van der Waals surface area contributed by atoms with Gasteiger partial charge < -0.3 is 30.7 Å². The fourth-order valence-electron chi connectivity index (χ4n) is 5.53. The standard InChI is InChI=1S/C33H35N9O5/c1-19-33-39-28(20(2)47-33)32(46)34-15-9-8-14-25(37-31(45)27-18-42(41-40-27)22-10-4-3-5-11-22)29(43)38-26(30(44)36-19)16-21-17-35-24-13-7-6-12-23(21)24/h3-7,10-13,17-19,25-26,35H,8-9,14-16H2,1-2H3,(H,34,46)(H,36,44)(H,37,45)(H,38,43)/t19-,25+,26-/m1/s1. The van der Waals surface area contributed by atoms with Gasteiger partial charge in [0.05, 0.1) is 11.9 Å². The van der Waals surface area contributed by atoms with Gasteiger partial charge in [-0.05, 0) is 56.9 Å². The molecule has 0 saturated carbocycles. The number of nitrogens with zero attached hydrogens (tertiary/aromatic N) is 4. The molecule has 6 rings (SSSR count). The lowest BCUT2D eigenvalue weighted by atomic mass is 10.0. The molecular weight excluding hydrogens is 602 g/mol. The monoisotopic (exact) mass is 637 g/mol. The fourth-order valence-corrected chi connectivity index (χ4v) is 5.53. The summed E-state index contributed by atoms with van der Waals surface area (Å²) >= 11 is 0. The Morgan fingerprint density at radius 3 is 2.64 bits per heavy atom. The Balaban J connectivity index is 1.27. The van der Waals surface area contributed by atoms with Crippen molar-refractivity contribution in [3.05, 3.63) is 95.6 Å². The van der Waals surface area contributed by atoms with Gasteiger partial charge in [-0.1, -0.05) is 41.6 Å². The third-order valence-corrected chi connectivity index (χ3v) is 8.06. The second-order valence-electron chi connectivity index (χ2n) is 11.5. The van der Waals surface area contributed by atoms with Crippen molar-refractivity contribution in [2.75, 3.05) is 6.54 Å². The van der Waals surface area contributed by atoms with Crippen LogP contribution in [0.4, 0.5) is 0 Å². The van der Waals surface area contributed by atoms with E-state index in [1.807, 2.05) is 60.8 Å².